The summed E-state index contributed by atoms with van der Waals surface area (Å²) in [6.45, 7) is 3.65. The van der Waals surface area contributed by atoms with Crippen molar-refractivity contribution in [2.45, 2.75) is 6.17 Å². The molecule has 0 spiro atoms. The first kappa shape index (κ1) is 5.92. The standard InChI is InChI=1S/C4H11N2/c1-4(5-2)6-3/h4-6H,1H2,2-3H3. The Kier molecular flexibility index (Phi) is 3.08. The Morgan fingerprint density at radius 3 is 1.67 bits per heavy atom. The van der Waals surface area contributed by atoms with Crippen LogP contribution in [0.3, 0.4) is 0 Å². The molecule has 0 heterocycles. The van der Waals surface area contributed by atoms with E-state index in [4.69, 9.17) is 0 Å². The van der Waals surface area contributed by atoms with Gasteiger partial charge < -0.3 is 10.6 Å². The first-order valence-electron chi connectivity index (χ1n) is 1.99. The van der Waals surface area contributed by atoms with Gasteiger partial charge in [-0.25, -0.2) is 0 Å². The van der Waals surface area contributed by atoms with Crippen molar-refractivity contribution in [2.75, 3.05) is 14.1 Å². The minimum Gasteiger partial charge on any atom is -0.305 e. The van der Waals surface area contributed by atoms with Crippen LogP contribution in [-0.4, -0.2) is 20.3 Å². The Labute approximate surface area is 38.9 Å². The van der Waals surface area contributed by atoms with Gasteiger partial charge in [0.2, 0.25) is 0 Å². The molecule has 0 amide bonds. The predicted octanol–water partition coefficient (Wildman–Crippen LogP) is -0.415. The third-order valence-electron chi connectivity index (χ3n) is 0.697. The van der Waals surface area contributed by atoms with Gasteiger partial charge in [0, 0.05) is 0 Å². The summed E-state index contributed by atoms with van der Waals surface area (Å²) in [6.07, 6.45) is 0.185. The van der Waals surface area contributed by atoms with Crippen LogP contribution in [-0.2, 0) is 0 Å². The van der Waals surface area contributed by atoms with Crippen molar-refractivity contribution in [3.63, 3.8) is 0 Å². The van der Waals surface area contributed by atoms with Crippen LogP contribution in [0.4, 0.5) is 0 Å². The van der Waals surface area contributed by atoms with Crippen molar-refractivity contribution < 1.29 is 0 Å². The summed E-state index contributed by atoms with van der Waals surface area (Å²) in [4.78, 5) is 0. The third kappa shape index (κ3) is 2.18. The van der Waals surface area contributed by atoms with Crippen molar-refractivity contribution in [1.82, 2.24) is 10.6 Å². The number of nitrogens with one attached hydrogen (secondary N) is 2. The highest BCUT2D eigenvalue weighted by atomic mass is 15.1. The maximum atomic E-state index is 3.65. The fourth-order valence-electron chi connectivity index (χ4n) is 0.144. The predicted molar refractivity (Wildman–Crippen MR) is 27.3 cm³/mol. The summed E-state index contributed by atoms with van der Waals surface area (Å²) >= 11 is 0. The van der Waals surface area contributed by atoms with Gasteiger partial charge in [0.15, 0.2) is 0 Å². The third-order valence-corrected chi connectivity index (χ3v) is 0.697. The summed E-state index contributed by atoms with van der Waals surface area (Å²) in [7, 11) is 3.71. The van der Waals surface area contributed by atoms with Crippen LogP contribution in [0.5, 0.6) is 0 Å². The molecule has 0 aliphatic carbocycles. The Morgan fingerprint density at radius 2 is 1.67 bits per heavy atom. The summed E-state index contributed by atoms with van der Waals surface area (Å²) in [6, 6.07) is 0. The van der Waals surface area contributed by atoms with Crippen LogP contribution in [0.2, 0.25) is 0 Å². The zero-order valence-corrected chi connectivity index (χ0v) is 4.28. The summed E-state index contributed by atoms with van der Waals surface area (Å²) < 4.78 is 0. The van der Waals surface area contributed by atoms with Gasteiger partial charge in [-0.3, -0.25) is 0 Å². The molecular formula is C4H11N2. The van der Waals surface area contributed by atoms with Crippen LogP contribution in [0, 0.1) is 6.92 Å². The lowest BCUT2D eigenvalue weighted by molar-refractivity contribution is 0.584. The highest BCUT2D eigenvalue weighted by molar-refractivity contribution is 4.57. The molecule has 1 radical (unpaired) electrons. The summed E-state index contributed by atoms with van der Waals surface area (Å²) in [5.41, 5.74) is 0. The minimum absolute atomic E-state index is 0.185. The van der Waals surface area contributed by atoms with Gasteiger partial charge >= 0.3 is 0 Å². The lowest BCUT2D eigenvalue weighted by Crippen LogP contribution is -2.34. The van der Waals surface area contributed by atoms with Crippen LogP contribution in [0.15, 0.2) is 0 Å². The minimum atomic E-state index is 0.185. The molecule has 0 saturated carbocycles. The molecule has 0 aromatic carbocycles. The molecule has 0 aromatic rings. The van der Waals surface area contributed by atoms with Crippen LogP contribution >= 0.6 is 0 Å². The van der Waals surface area contributed by atoms with E-state index >= 15 is 0 Å². The van der Waals surface area contributed by atoms with E-state index < -0.39 is 0 Å². The molecule has 37 valence electrons. The monoisotopic (exact) mass is 87.1 g/mol. The molecule has 0 rings (SSSR count). The second-order valence-electron chi connectivity index (χ2n) is 1.13. The van der Waals surface area contributed by atoms with Crippen LogP contribution in [0.25, 0.3) is 0 Å². The van der Waals surface area contributed by atoms with Gasteiger partial charge in [0.05, 0.1) is 6.17 Å². The van der Waals surface area contributed by atoms with E-state index in [-0.39, 0.29) is 6.17 Å². The molecule has 0 atom stereocenters. The van der Waals surface area contributed by atoms with Crippen LogP contribution < -0.4 is 10.6 Å². The van der Waals surface area contributed by atoms with Gasteiger partial charge in [0.1, 0.15) is 0 Å². The highest BCUT2D eigenvalue weighted by Gasteiger charge is 1.84. The molecule has 0 fully saturated rings. The average molecular weight is 87.1 g/mol. The Balaban J connectivity index is 2.75. The van der Waals surface area contributed by atoms with Crippen molar-refractivity contribution >= 4 is 0 Å². The maximum absolute atomic E-state index is 3.65. The number of hydrogen-bond donors (Lipinski definition) is 2. The smallest absolute Gasteiger partial charge is 0.0567 e. The first-order chi connectivity index (χ1) is 2.81. The lowest BCUT2D eigenvalue weighted by atomic mass is 10.6. The van der Waals surface area contributed by atoms with Crippen molar-refractivity contribution in [3.05, 3.63) is 6.92 Å². The van der Waals surface area contributed by atoms with E-state index in [1.165, 1.54) is 0 Å². The zero-order chi connectivity index (χ0) is 4.99. The lowest BCUT2D eigenvalue weighted by Gasteiger charge is -2.04. The van der Waals surface area contributed by atoms with Gasteiger partial charge in [-0.2, -0.15) is 0 Å². The molecule has 0 bridgehead atoms. The normalized spacial score (nSPS) is 10.0. The topological polar surface area (TPSA) is 24.1 Å². The molecule has 6 heavy (non-hydrogen) atoms. The van der Waals surface area contributed by atoms with Crippen molar-refractivity contribution in [3.8, 4) is 0 Å². The van der Waals surface area contributed by atoms with E-state index in [0.29, 0.717) is 0 Å². The molecule has 0 unspecified atom stereocenters. The highest BCUT2D eigenvalue weighted by Crippen LogP contribution is 1.60. The molecular weight excluding hydrogens is 76.1 g/mol. The van der Waals surface area contributed by atoms with Gasteiger partial charge in [-0.05, 0) is 21.0 Å². The number of rotatable bonds is 2. The first-order valence-corrected chi connectivity index (χ1v) is 1.99. The van der Waals surface area contributed by atoms with E-state index in [0.717, 1.165) is 0 Å². The summed E-state index contributed by atoms with van der Waals surface area (Å²) in [5.74, 6) is 0. The molecule has 0 saturated heterocycles. The zero-order valence-electron chi connectivity index (χ0n) is 4.28. The maximum Gasteiger partial charge on any atom is 0.0567 e. The van der Waals surface area contributed by atoms with E-state index in [2.05, 4.69) is 17.6 Å². The van der Waals surface area contributed by atoms with Gasteiger partial charge in [-0.1, -0.05) is 0 Å². The SMILES string of the molecule is [CH2]C(NC)NC. The summed E-state index contributed by atoms with van der Waals surface area (Å²) in [5, 5.41) is 5.78. The van der Waals surface area contributed by atoms with E-state index in [9.17, 15) is 0 Å². The molecule has 0 aliphatic rings. The van der Waals surface area contributed by atoms with Gasteiger partial charge in [0.25, 0.3) is 0 Å². The van der Waals surface area contributed by atoms with Crippen molar-refractivity contribution in [1.29, 1.82) is 0 Å². The number of hydrogen-bond acceptors (Lipinski definition) is 2. The van der Waals surface area contributed by atoms with Crippen LogP contribution in [0.1, 0.15) is 0 Å². The molecule has 0 aliphatic heterocycles. The Bertz CT molecular complexity index is 24.7. The van der Waals surface area contributed by atoms with Crippen molar-refractivity contribution in [2.24, 2.45) is 0 Å². The second-order valence-corrected chi connectivity index (χ2v) is 1.13. The Hall–Kier alpha value is -0.0800. The fourth-order valence-corrected chi connectivity index (χ4v) is 0.144. The van der Waals surface area contributed by atoms with Gasteiger partial charge in [-0.15, -0.1) is 0 Å². The molecule has 2 N–H and O–H groups in total. The second kappa shape index (κ2) is 3.12. The largest absolute Gasteiger partial charge is 0.305 e. The molecule has 2 heteroatoms. The Morgan fingerprint density at radius 1 is 1.33 bits per heavy atom. The molecule has 2 nitrogen and oxygen atoms in total. The van der Waals surface area contributed by atoms with E-state index in [1.54, 1.807) is 0 Å². The fraction of sp³-hybridized carbons (Fsp3) is 0.750. The average Bonchev–Trinajstić information content (AvgIpc) is 1.65. The van der Waals surface area contributed by atoms with E-state index in [1.807, 2.05) is 14.1 Å². The quantitative estimate of drug-likeness (QED) is 0.447. The molecule has 0 aromatic heterocycles.